The van der Waals surface area contributed by atoms with Gasteiger partial charge in [-0.05, 0) is 12.1 Å². The highest BCUT2D eigenvalue weighted by atomic mass is 35.5. The van der Waals surface area contributed by atoms with Crippen molar-refractivity contribution in [2.45, 2.75) is 13.1 Å². The summed E-state index contributed by atoms with van der Waals surface area (Å²) in [7, 11) is 0. The van der Waals surface area contributed by atoms with Crippen molar-refractivity contribution in [3.05, 3.63) is 46.9 Å². The standard InChI is InChI=1S/C13H15ClN2O2/c14-7-3-4-8-15-11-5-1-2-6-12(11)16(9-10-17)13(15)18/h1-6,17H,7-10H2/b4-3+. The molecule has 4 nitrogen and oxygen atoms in total. The number of alkyl halides is 1. The summed E-state index contributed by atoms with van der Waals surface area (Å²) in [6.45, 7) is 0.751. The van der Waals surface area contributed by atoms with Gasteiger partial charge in [-0.3, -0.25) is 9.13 Å². The second kappa shape index (κ2) is 5.89. The summed E-state index contributed by atoms with van der Waals surface area (Å²) in [6.07, 6.45) is 3.68. The van der Waals surface area contributed by atoms with E-state index in [1.54, 1.807) is 9.13 Å². The van der Waals surface area contributed by atoms with Gasteiger partial charge >= 0.3 is 5.69 Å². The largest absolute Gasteiger partial charge is 0.395 e. The lowest BCUT2D eigenvalue weighted by Crippen LogP contribution is -2.25. The molecular weight excluding hydrogens is 252 g/mol. The molecule has 0 radical (unpaired) electrons. The van der Waals surface area contributed by atoms with E-state index in [2.05, 4.69) is 0 Å². The Labute approximate surface area is 110 Å². The van der Waals surface area contributed by atoms with Crippen molar-refractivity contribution in [1.29, 1.82) is 0 Å². The van der Waals surface area contributed by atoms with Crippen molar-refractivity contribution in [2.24, 2.45) is 0 Å². The van der Waals surface area contributed by atoms with Crippen LogP contribution in [0.3, 0.4) is 0 Å². The maximum Gasteiger partial charge on any atom is 0.329 e. The zero-order valence-corrected chi connectivity index (χ0v) is 10.7. The van der Waals surface area contributed by atoms with E-state index in [1.807, 2.05) is 36.4 Å². The first-order valence-corrected chi connectivity index (χ1v) is 6.33. The average molecular weight is 267 g/mol. The van der Waals surface area contributed by atoms with Gasteiger partial charge < -0.3 is 5.11 Å². The molecule has 0 fully saturated rings. The molecule has 1 aromatic heterocycles. The summed E-state index contributed by atoms with van der Waals surface area (Å²) < 4.78 is 3.26. The molecule has 18 heavy (non-hydrogen) atoms. The topological polar surface area (TPSA) is 47.2 Å². The predicted octanol–water partition coefficient (Wildman–Crippen LogP) is 1.59. The van der Waals surface area contributed by atoms with Crippen LogP contribution in [0.25, 0.3) is 11.0 Å². The zero-order valence-electron chi connectivity index (χ0n) is 9.92. The van der Waals surface area contributed by atoms with E-state index < -0.39 is 0 Å². The fraction of sp³-hybridized carbons (Fsp3) is 0.308. The predicted molar refractivity (Wildman–Crippen MR) is 73.1 cm³/mol. The Morgan fingerprint density at radius 1 is 1.17 bits per heavy atom. The van der Waals surface area contributed by atoms with Gasteiger partial charge in [0.25, 0.3) is 0 Å². The minimum Gasteiger partial charge on any atom is -0.395 e. The van der Waals surface area contributed by atoms with Crippen molar-refractivity contribution < 1.29 is 5.11 Å². The van der Waals surface area contributed by atoms with E-state index in [1.165, 1.54) is 0 Å². The van der Waals surface area contributed by atoms with Crippen molar-refractivity contribution >= 4 is 22.6 Å². The second-order valence-corrected chi connectivity index (χ2v) is 4.19. The lowest BCUT2D eigenvalue weighted by Gasteiger charge is -1.97. The van der Waals surface area contributed by atoms with Gasteiger partial charge in [0.15, 0.2) is 0 Å². The highest BCUT2D eigenvalue weighted by Crippen LogP contribution is 2.12. The van der Waals surface area contributed by atoms with Crippen LogP contribution in [0.2, 0.25) is 0 Å². The molecule has 1 heterocycles. The van der Waals surface area contributed by atoms with E-state index in [0.29, 0.717) is 19.0 Å². The minimum absolute atomic E-state index is 0.0502. The quantitative estimate of drug-likeness (QED) is 0.660. The molecule has 1 aromatic carbocycles. The SMILES string of the molecule is O=c1n(C/C=C/CCl)c2ccccc2n1CCO. The molecule has 0 atom stereocenters. The molecular formula is C13H15ClN2O2. The number of rotatable bonds is 5. The normalized spacial score (nSPS) is 11.7. The van der Waals surface area contributed by atoms with Crippen molar-refractivity contribution in [2.75, 3.05) is 12.5 Å². The molecule has 2 rings (SSSR count). The van der Waals surface area contributed by atoms with Gasteiger partial charge in [0.1, 0.15) is 0 Å². The maximum atomic E-state index is 12.2. The third-order valence-electron chi connectivity index (χ3n) is 2.79. The van der Waals surface area contributed by atoms with Crippen LogP contribution in [0.1, 0.15) is 0 Å². The molecule has 0 aliphatic carbocycles. The summed E-state index contributed by atoms with van der Waals surface area (Å²) in [5.74, 6) is 0.435. The summed E-state index contributed by atoms with van der Waals surface area (Å²) in [5, 5.41) is 9.03. The number of hydrogen-bond acceptors (Lipinski definition) is 2. The maximum absolute atomic E-state index is 12.2. The minimum atomic E-state index is -0.107. The highest BCUT2D eigenvalue weighted by molar-refractivity contribution is 6.18. The lowest BCUT2D eigenvalue weighted by molar-refractivity contribution is 0.275. The third kappa shape index (κ3) is 2.35. The Bertz CT molecular complexity index is 613. The molecule has 0 amide bonds. The number of nitrogens with zero attached hydrogens (tertiary/aromatic N) is 2. The smallest absolute Gasteiger partial charge is 0.329 e. The number of hydrogen-bond donors (Lipinski definition) is 1. The fourth-order valence-electron chi connectivity index (χ4n) is 2.01. The summed E-state index contributed by atoms with van der Waals surface area (Å²) in [4.78, 5) is 12.2. The molecule has 96 valence electrons. The third-order valence-corrected chi connectivity index (χ3v) is 2.97. The van der Waals surface area contributed by atoms with E-state index in [4.69, 9.17) is 16.7 Å². The average Bonchev–Trinajstić information content (AvgIpc) is 2.65. The Balaban J connectivity index is 2.54. The number of para-hydroxylation sites is 2. The van der Waals surface area contributed by atoms with Crippen molar-refractivity contribution in [3.63, 3.8) is 0 Å². The van der Waals surface area contributed by atoms with Gasteiger partial charge in [-0.1, -0.05) is 24.3 Å². The van der Waals surface area contributed by atoms with Crippen molar-refractivity contribution in [1.82, 2.24) is 9.13 Å². The second-order valence-electron chi connectivity index (χ2n) is 3.88. The van der Waals surface area contributed by atoms with Crippen LogP contribution in [0.4, 0.5) is 0 Å². The van der Waals surface area contributed by atoms with E-state index in [9.17, 15) is 4.79 Å². The van der Waals surface area contributed by atoms with Crippen LogP contribution in [0.15, 0.2) is 41.2 Å². The Morgan fingerprint density at radius 3 is 2.44 bits per heavy atom. The molecule has 0 unspecified atom stereocenters. The van der Waals surface area contributed by atoms with Gasteiger partial charge in [0, 0.05) is 12.4 Å². The van der Waals surface area contributed by atoms with E-state index in [-0.39, 0.29) is 12.3 Å². The summed E-state index contributed by atoms with van der Waals surface area (Å²) in [6, 6.07) is 7.56. The van der Waals surface area contributed by atoms with Gasteiger partial charge in [-0.15, -0.1) is 11.6 Å². The first-order valence-electron chi connectivity index (χ1n) is 5.79. The van der Waals surface area contributed by atoms with Gasteiger partial charge in [-0.25, -0.2) is 4.79 Å². The molecule has 0 saturated heterocycles. The molecule has 0 aliphatic heterocycles. The van der Waals surface area contributed by atoms with Gasteiger partial charge in [-0.2, -0.15) is 0 Å². The Hall–Kier alpha value is -1.52. The molecule has 2 aromatic rings. The number of aliphatic hydroxyl groups is 1. The first-order chi connectivity index (χ1) is 8.79. The monoisotopic (exact) mass is 266 g/mol. The molecule has 0 bridgehead atoms. The number of benzene rings is 1. The van der Waals surface area contributed by atoms with Gasteiger partial charge in [0.05, 0.1) is 24.2 Å². The molecule has 0 saturated carbocycles. The van der Waals surface area contributed by atoms with Crippen LogP contribution < -0.4 is 5.69 Å². The molecule has 0 spiro atoms. The zero-order chi connectivity index (χ0) is 13.0. The van der Waals surface area contributed by atoms with Crippen molar-refractivity contribution in [3.8, 4) is 0 Å². The molecule has 0 aliphatic rings. The van der Waals surface area contributed by atoms with Crippen LogP contribution in [0.5, 0.6) is 0 Å². The number of halogens is 1. The molecule has 5 heteroatoms. The van der Waals surface area contributed by atoms with E-state index in [0.717, 1.165) is 11.0 Å². The van der Waals surface area contributed by atoms with Gasteiger partial charge in [0.2, 0.25) is 0 Å². The van der Waals surface area contributed by atoms with Crippen LogP contribution in [-0.4, -0.2) is 26.7 Å². The molecule has 1 N–H and O–H groups in total. The van der Waals surface area contributed by atoms with Crippen LogP contribution in [0, 0.1) is 0 Å². The highest BCUT2D eigenvalue weighted by Gasteiger charge is 2.10. The number of aromatic nitrogens is 2. The summed E-state index contributed by atoms with van der Waals surface area (Å²) >= 11 is 5.57. The Kier molecular flexibility index (Phi) is 4.23. The summed E-state index contributed by atoms with van der Waals surface area (Å²) in [5.41, 5.74) is 1.61. The fourth-order valence-corrected chi connectivity index (χ4v) is 2.13. The lowest BCUT2D eigenvalue weighted by atomic mass is 10.3. The van der Waals surface area contributed by atoms with Crippen LogP contribution >= 0.6 is 11.6 Å². The Morgan fingerprint density at radius 2 is 1.83 bits per heavy atom. The first kappa shape index (κ1) is 12.9. The number of imidazole rings is 1. The number of fused-ring (bicyclic) bond motifs is 1. The van der Waals surface area contributed by atoms with Crippen LogP contribution in [-0.2, 0) is 13.1 Å². The number of allylic oxidation sites excluding steroid dienone is 2. The number of aliphatic hydroxyl groups excluding tert-OH is 1. The van der Waals surface area contributed by atoms with E-state index >= 15 is 0 Å².